The molecule has 0 heterocycles. The van der Waals surface area contributed by atoms with E-state index in [2.05, 4.69) is 0 Å². The molecule has 0 saturated carbocycles. The number of rotatable bonds is 5. The van der Waals surface area contributed by atoms with Crippen LogP contribution in [0.3, 0.4) is 0 Å². The van der Waals surface area contributed by atoms with E-state index in [1.807, 2.05) is 0 Å². The number of methoxy groups -OCH3 is 2. The first-order valence-corrected chi connectivity index (χ1v) is 5.12. The summed E-state index contributed by atoms with van der Waals surface area (Å²) in [4.78, 5) is 0. The Balaban J connectivity index is 3.08. The summed E-state index contributed by atoms with van der Waals surface area (Å²) in [5.74, 6) is 1.23. The van der Waals surface area contributed by atoms with Crippen LogP contribution in [0.15, 0.2) is 29.8 Å². The molecule has 0 atom stereocenters. The highest BCUT2D eigenvalue weighted by molar-refractivity contribution is 6.09. The zero-order valence-corrected chi connectivity index (χ0v) is 10.2. The molecule has 90 valence electrons. The summed E-state index contributed by atoms with van der Waals surface area (Å²) in [5, 5.41) is 15.0. The van der Waals surface area contributed by atoms with Crippen LogP contribution in [0, 0.1) is 10.8 Å². The molecule has 0 bridgehead atoms. The summed E-state index contributed by atoms with van der Waals surface area (Å²) < 4.78 is 10.3. The van der Waals surface area contributed by atoms with Crippen molar-refractivity contribution in [2.75, 3.05) is 14.2 Å². The van der Waals surface area contributed by atoms with Crippen molar-refractivity contribution in [1.29, 1.82) is 10.8 Å². The third-order valence-electron chi connectivity index (χ3n) is 2.29. The van der Waals surface area contributed by atoms with Crippen LogP contribution in [0.1, 0.15) is 12.5 Å². The van der Waals surface area contributed by atoms with E-state index in [4.69, 9.17) is 20.3 Å². The maximum atomic E-state index is 7.89. The quantitative estimate of drug-likeness (QED) is 0.766. The summed E-state index contributed by atoms with van der Waals surface area (Å²) in [5.41, 5.74) is 1.79. The van der Waals surface area contributed by atoms with Crippen LogP contribution in [0.25, 0.3) is 0 Å². The van der Waals surface area contributed by atoms with E-state index in [1.165, 1.54) is 6.21 Å². The van der Waals surface area contributed by atoms with Crippen LogP contribution in [-0.4, -0.2) is 26.1 Å². The van der Waals surface area contributed by atoms with E-state index in [0.29, 0.717) is 17.2 Å². The van der Waals surface area contributed by atoms with Gasteiger partial charge < -0.3 is 20.3 Å². The predicted octanol–water partition coefficient (Wildman–Crippen LogP) is 2.67. The Bertz CT molecular complexity index is 464. The summed E-state index contributed by atoms with van der Waals surface area (Å²) in [6.07, 6.45) is 2.85. The molecule has 17 heavy (non-hydrogen) atoms. The van der Waals surface area contributed by atoms with Crippen LogP contribution in [0.2, 0.25) is 0 Å². The Kier molecular flexibility index (Phi) is 4.46. The van der Waals surface area contributed by atoms with Gasteiger partial charge in [-0.25, -0.2) is 0 Å². The number of allylic oxidation sites excluding steroid dienone is 2. The molecule has 0 aliphatic rings. The van der Waals surface area contributed by atoms with Gasteiger partial charge in [-0.2, -0.15) is 0 Å². The molecule has 0 radical (unpaired) electrons. The molecule has 1 aromatic carbocycles. The van der Waals surface area contributed by atoms with Gasteiger partial charge in [0, 0.05) is 11.8 Å². The molecule has 0 amide bonds. The van der Waals surface area contributed by atoms with Gasteiger partial charge >= 0.3 is 0 Å². The number of nitrogens with one attached hydrogen (secondary N) is 2. The minimum absolute atomic E-state index is 0.340. The number of ether oxygens (including phenoxy) is 2. The highest BCUT2D eigenvalue weighted by Gasteiger charge is 2.06. The molecular formula is C13H16N2O2. The fraction of sp³-hybridized carbons (Fsp3) is 0.231. The molecule has 0 unspecified atom stereocenters. The Morgan fingerprint density at radius 2 is 1.82 bits per heavy atom. The van der Waals surface area contributed by atoms with Crippen LogP contribution in [0.5, 0.6) is 11.5 Å². The van der Waals surface area contributed by atoms with Crippen molar-refractivity contribution in [3.8, 4) is 11.5 Å². The summed E-state index contributed by atoms with van der Waals surface area (Å²) in [6, 6.07) is 5.29. The Hall–Kier alpha value is -2.10. The Labute approximate surface area is 101 Å². The van der Waals surface area contributed by atoms with Gasteiger partial charge in [0.05, 0.1) is 19.9 Å². The monoisotopic (exact) mass is 232 g/mol. The van der Waals surface area contributed by atoms with Gasteiger partial charge in [0.15, 0.2) is 11.5 Å². The van der Waals surface area contributed by atoms with E-state index < -0.39 is 0 Å². The summed E-state index contributed by atoms with van der Waals surface area (Å²) in [7, 11) is 3.13. The maximum absolute atomic E-state index is 7.89. The molecule has 4 heteroatoms. The zero-order valence-electron chi connectivity index (χ0n) is 10.2. The highest BCUT2D eigenvalue weighted by Crippen LogP contribution is 2.27. The average Bonchev–Trinajstić information content (AvgIpc) is 2.37. The van der Waals surface area contributed by atoms with Crippen LogP contribution >= 0.6 is 0 Å². The Morgan fingerprint density at radius 3 is 2.35 bits per heavy atom. The molecule has 1 rings (SSSR count). The van der Waals surface area contributed by atoms with Crippen molar-refractivity contribution in [3.63, 3.8) is 0 Å². The maximum Gasteiger partial charge on any atom is 0.161 e. The second-order valence-corrected chi connectivity index (χ2v) is 3.52. The molecule has 1 aromatic rings. The van der Waals surface area contributed by atoms with Crippen molar-refractivity contribution in [2.45, 2.75) is 6.92 Å². The average molecular weight is 232 g/mol. The lowest BCUT2D eigenvalue weighted by Crippen LogP contribution is -1.98. The second-order valence-electron chi connectivity index (χ2n) is 3.52. The molecule has 0 spiro atoms. The molecule has 0 saturated heterocycles. The highest BCUT2D eigenvalue weighted by atomic mass is 16.5. The minimum atomic E-state index is 0.340. The van der Waals surface area contributed by atoms with Gasteiger partial charge in [0.1, 0.15) is 0 Å². The summed E-state index contributed by atoms with van der Waals surface area (Å²) >= 11 is 0. The third kappa shape index (κ3) is 3.17. The lowest BCUT2D eigenvalue weighted by molar-refractivity contribution is 0.355. The van der Waals surface area contributed by atoms with E-state index in [9.17, 15) is 0 Å². The van der Waals surface area contributed by atoms with Gasteiger partial charge in [-0.3, -0.25) is 0 Å². The first kappa shape index (κ1) is 13.0. The van der Waals surface area contributed by atoms with Crippen molar-refractivity contribution >= 4 is 11.9 Å². The van der Waals surface area contributed by atoms with Gasteiger partial charge in [-0.05, 0) is 36.8 Å². The van der Waals surface area contributed by atoms with E-state index in [0.717, 1.165) is 11.1 Å². The van der Waals surface area contributed by atoms with Crippen molar-refractivity contribution in [3.05, 3.63) is 35.4 Å². The third-order valence-corrected chi connectivity index (χ3v) is 2.29. The zero-order chi connectivity index (χ0) is 12.8. The smallest absolute Gasteiger partial charge is 0.161 e. The molecular weight excluding hydrogens is 216 g/mol. The molecule has 0 aliphatic carbocycles. The number of hydrogen-bond acceptors (Lipinski definition) is 4. The van der Waals surface area contributed by atoms with Crippen molar-refractivity contribution in [2.24, 2.45) is 0 Å². The fourth-order valence-electron chi connectivity index (χ4n) is 1.36. The SMILES string of the molecule is COc1ccc(C(=N)/C=C(/C)C=N)cc1OC. The molecule has 0 fully saturated rings. The van der Waals surface area contributed by atoms with Crippen LogP contribution in [-0.2, 0) is 0 Å². The predicted molar refractivity (Wildman–Crippen MR) is 68.9 cm³/mol. The van der Waals surface area contributed by atoms with Gasteiger partial charge in [-0.1, -0.05) is 0 Å². The normalized spacial score (nSPS) is 10.9. The molecule has 0 aromatic heterocycles. The molecule has 2 N–H and O–H groups in total. The van der Waals surface area contributed by atoms with E-state index in [1.54, 1.807) is 45.4 Å². The first-order valence-electron chi connectivity index (χ1n) is 5.12. The lowest BCUT2D eigenvalue weighted by atomic mass is 10.1. The molecule has 0 aliphatic heterocycles. The van der Waals surface area contributed by atoms with Crippen molar-refractivity contribution < 1.29 is 9.47 Å². The van der Waals surface area contributed by atoms with Crippen molar-refractivity contribution in [1.82, 2.24) is 0 Å². The summed E-state index contributed by atoms with van der Waals surface area (Å²) in [6.45, 7) is 1.78. The topological polar surface area (TPSA) is 66.2 Å². The Morgan fingerprint density at radius 1 is 1.18 bits per heavy atom. The van der Waals surface area contributed by atoms with Crippen LogP contribution < -0.4 is 9.47 Å². The van der Waals surface area contributed by atoms with Gasteiger partial charge in [0.2, 0.25) is 0 Å². The van der Waals surface area contributed by atoms with Crippen LogP contribution in [0.4, 0.5) is 0 Å². The number of hydrogen-bond donors (Lipinski definition) is 2. The minimum Gasteiger partial charge on any atom is -0.493 e. The van der Waals surface area contributed by atoms with Gasteiger partial charge in [-0.15, -0.1) is 0 Å². The molecule has 4 nitrogen and oxygen atoms in total. The number of benzene rings is 1. The standard InChI is InChI=1S/C13H16N2O2/c1-9(8-14)6-11(15)10-4-5-12(16-2)13(7-10)17-3/h4-8,14-15H,1-3H3/b9-6-,14-8?,15-11?. The van der Waals surface area contributed by atoms with E-state index >= 15 is 0 Å². The first-order chi connectivity index (χ1) is 8.12. The largest absolute Gasteiger partial charge is 0.493 e. The second kappa shape index (κ2) is 5.84. The van der Waals surface area contributed by atoms with Gasteiger partial charge in [0.25, 0.3) is 0 Å². The van der Waals surface area contributed by atoms with E-state index in [-0.39, 0.29) is 0 Å². The lowest BCUT2D eigenvalue weighted by Gasteiger charge is -2.09. The fourth-order valence-corrected chi connectivity index (χ4v) is 1.36.